The second-order valence-corrected chi connectivity index (χ2v) is 6.36. The van der Waals surface area contributed by atoms with Crippen LogP contribution in [0.5, 0.6) is 0 Å². The van der Waals surface area contributed by atoms with Crippen molar-refractivity contribution < 1.29 is 8.42 Å². The Balaban J connectivity index is 2.46. The number of benzene rings is 1. The van der Waals surface area contributed by atoms with E-state index < -0.39 is 9.84 Å². The zero-order chi connectivity index (χ0) is 12.9. The molecule has 0 saturated carbocycles. The van der Waals surface area contributed by atoms with Gasteiger partial charge >= 0.3 is 0 Å². The van der Waals surface area contributed by atoms with Gasteiger partial charge in [0.1, 0.15) is 0 Å². The lowest BCUT2D eigenvalue weighted by Gasteiger charge is -2.08. The molecule has 0 spiro atoms. The molecule has 17 heavy (non-hydrogen) atoms. The van der Waals surface area contributed by atoms with Crippen molar-refractivity contribution in [1.82, 2.24) is 0 Å². The Morgan fingerprint density at radius 2 is 1.88 bits per heavy atom. The van der Waals surface area contributed by atoms with Crippen LogP contribution in [0.2, 0.25) is 0 Å². The molecule has 1 atom stereocenters. The Bertz CT molecular complexity index is 438. The number of sulfone groups is 1. The van der Waals surface area contributed by atoms with E-state index in [1.54, 1.807) is 24.3 Å². The molecule has 0 amide bonds. The van der Waals surface area contributed by atoms with Crippen molar-refractivity contribution in [3.63, 3.8) is 0 Å². The molecule has 1 aromatic carbocycles. The average Bonchev–Trinajstić information content (AvgIpc) is 2.23. The Kier molecular flexibility index (Phi) is 4.96. The predicted octanol–water partition coefficient (Wildman–Crippen LogP) is 1.63. The summed E-state index contributed by atoms with van der Waals surface area (Å²) >= 11 is 0. The van der Waals surface area contributed by atoms with Crippen molar-refractivity contribution in [3.05, 3.63) is 24.3 Å². The van der Waals surface area contributed by atoms with Crippen LogP contribution in [0.1, 0.15) is 19.8 Å². The molecule has 0 heterocycles. The first-order valence-electron chi connectivity index (χ1n) is 5.69. The van der Waals surface area contributed by atoms with Crippen LogP contribution in [-0.2, 0) is 9.84 Å². The third kappa shape index (κ3) is 5.19. The maximum absolute atomic E-state index is 11.2. The number of hydrogen-bond acceptors (Lipinski definition) is 4. The molecule has 96 valence electrons. The molecule has 1 rings (SSSR count). The maximum atomic E-state index is 11.2. The van der Waals surface area contributed by atoms with Gasteiger partial charge in [-0.1, -0.05) is 0 Å². The van der Waals surface area contributed by atoms with E-state index in [0.717, 1.165) is 25.1 Å². The summed E-state index contributed by atoms with van der Waals surface area (Å²) in [6.07, 6.45) is 3.19. The van der Waals surface area contributed by atoms with Gasteiger partial charge < -0.3 is 11.1 Å². The van der Waals surface area contributed by atoms with E-state index in [2.05, 4.69) is 5.32 Å². The van der Waals surface area contributed by atoms with E-state index in [0.29, 0.717) is 4.90 Å². The van der Waals surface area contributed by atoms with Gasteiger partial charge in [0.25, 0.3) is 0 Å². The molecular formula is C12H20N2O2S. The minimum atomic E-state index is -3.10. The summed E-state index contributed by atoms with van der Waals surface area (Å²) in [7, 11) is -3.10. The summed E-state index contributed by atoms with van der Waals surface area (Å²) in [5, 5.41) is 3.23. The second-order valence-electron chi connectivity index (χ2n) is 4.34. The first-order chi connectivity index (χ1) is 7.89. The maximum Gasteiger partial charge on any atom is 0.175 e. The van der Waals surface area contributed by atoms with Crippen LogP contribution in [0.25, 0.3) is 0 Å². The SMILES string of the molecule is CC(N)CCCNc1ccc(S(C)(=O)=O)cc1. The van der Waals surface area contributed by atoms with E-state index in [4.69, 9.17) is 5.73 Å². The summed E-state index contributed by atoms with van der Waals surface area (Å²) < 4.78 is 22.5. The molecule has 0 fully saturated rings. The summed E-state index contributed by atoms with van der Waals surface area (Å²) in [4.78, 5) is 0.346. The molecule has 0 radical (unpaired) electrons. The highest BCUT2D eigenvalue weighted by atomic mass is 32.2. The number of nitrogens with one attached hydrogen (secondary N) is 1. The zero-order valence-corrected chi connectivity index (χ0v) is 11.1. The fourth-order valence-electron chi connectivity index (χ4n) is 1.48. The highest BCUT2D eigenvalue weighted by molar-refractivity contribution is 7.90. The summed E-state index contributed by atoms with van der Waals surface area (Å²) in [5.41, 5.74) is 6.58. The van der Waals surface area contributed by atoms with E-state index in [9.17, 15) is 8.42 Å². The summed E-state index contributed by atoms with van der Waals surface area (Å²) in [5.74, 6) is 0. The Hall–Kier alpha value is -1.07. The van der Waals surface area contributed by atoms with E-state index in [1.807, 2.05) is 6.92 Å². The zero-order valence-electron chi connectivity index (χ0n) is 10.3. The lowest BCUT2D eigenvalue weighted by molar-refractivity contribution is 0.602. The molecule has 3 N–H and O–H groups in total. The molecule has 1 aromatic rings. The first kappa shape index (κ1) is 14.0. The van der Waals surface area contributed by atoms with Gasteiger partial charge in [-0.05, 0) is 44.0 Å². The minimum absolute atomic E-state index is 0.226. The summed E-state index contributed by atoms with van der Waals surface area (Å²) in [6.45, 7) is 2.83. The number of anilines is 1. The van der Waals surface area contributed by atoms with Gasteiger partial charge in [0.05, 0.1) is 4.90 Å². The van der Waals surface area contributed by atoms with Crippen molar-refractivity contribution in [1.29, 1.82) is 0 Å². The summed E-state index contributed by atoms with van der Waals surface area (Å²) in [6, 6.07) is 7.01. The van der Waals surface area contributed by atoms with Gasteiger partial charge in [-0.2, -0.15) is 0 Å². The van der Waals surface area contributed by atoms with Gasteiger partial charge in [0.15, 0.2) is 9.84 Å². The van der Waals surface area contributed by atoms with E-state index >= 15 is 0 Å². The highest BCUT2D eigenvalue weighted by Gasteiger charge is 2.05. The van der Waals surface area contributed by atoms with Crippen molar-refractivity contribution in [2.75, 3.05) is 18.1 Å². The van der Waals surface area contributed by atoms with Crippen molar-refractivity contribution in [3.8, 4) is 0 Å². The van der Waals surface area contributed by atoms with Crippen molar-refractivity contribution >= 4 is 15.5 Å². The normalized spacial score (nSPS) is 13.4. The van der Waals surface area contributed by atoms with Crippen LogP contribution in [0.3, 0.4) is 0 Å². The van der Waals surface area contributed by atoms with Crippen LogP contribution in [0.15, 0.2) is 29.2 Å². The van der Waals surface area contributed by atoms with Gasteiger partial charge in [0.2, 0.25) is 0 Å². The molecular weight excluding hydrogens is 236 g/mol. The number of hydrogen-bond donors (Lipinski definition) is 2. The third-order valence-electron chi connectivity index (χ3n) is 2.45. The fourth-order valence-corrected chi connectivity index (χ4v) is 2.11. The van der Waals surface area contributed by atoms with E-state index in [-0.39, 0.29) is 6.04 Å². The van der Waals surface area contributed by atoms with Gasteiger partial charge in [-0.3, -0.25) is 0 Å². The van der Waals surface area contributed by atoms with Crippen LogP contribution in [0.4, 0.5) is 5.69 Å². The molecule has 4 nitrogen and oxygen atoms in total. The van der Waals surface area contributed by atoms with Crippen LogP contribution >= 0.6 is 0 Å². The lowest BCUT2D eigenvalue weighted by atomic mass is 10.2. The fraction of sp³-hybridized carbons (Fsp3) is 0.500. The van der Waals surface area contributed by atoms with Gasteiger partial charge in [-0.15, -0.1) is 0 Å². The molecule has 0 saturated heterocycles. The first-order valence-corrected chi connectivity index (χ1v) is 7.58. The van der Waals surface area contributed by atoms with E-state index in [1.165, 1.54) is 6.26 Å². The van der Waals surface area contributed by atoms with Crippen LogP contribution in [0, 0.1) is 0 Å². The van der Waals surface area contributed by atoms with Gasteiger partial charge in [0, 0.05) is 24.5 Å². The molecule has 0 aliphatic heterocycles. The quantitative estimate of drug-likeness (QED) is 0.759. The topological polar surface area (TPSA) is 72.2 Å². The molecule has 0 aliphatic rings. The number of rotatable bonds is 6. The molecule has 5 heteroatoms. The average molecular weight is 256 g/mol. The molecule has 0 aliphatic carbocycles. The second kappa shape index (κ2) is 6.02. The third-order valence-corrected chi connectivity index (χ3v) is 3.58. The standard InChI is InChI=1S/C12H20N2O2S/c1-10(13)4-3-9-14-11-5-7-12(8-6-11)17(2,15)16/h5-8,10,14H,3-4,9,13H2,1-2H3. The Morgan fingerprint density at radius 3 is 2.35 bits per heavy atom. The minimum Gasteiger partial charge on any atom is -0.385 e. The van der Waals surface area contributed by atoms with Crippen molar-refractivity contribution in [2.24, 2.45) is 5.73 Å². The van der Waals surface area contributed by atoms with Gasteiger partial charge in [-0.25, -0.2) is 8.42 Å². The van der Waals surface area contributed by atoms with Crippen LogP contribution < -0.4 is 11.1 Å². The lowest BCUT2D eigenvalue weighted by Crippen LogP contribution is -2.16. The molecule has 0 bridgehead atoms. The monoisotopic (exact) mass is 256 g/mol. The van der Waals surface area contributed by atoms with Crippen molar-refractivity contribution in [2.45, 2.75) is 30.7 Å². The Labute approximate surface area is 103 Å². The largest absolute Gasteiger partial charge is 0.385 e. The molecule has 1 unspecified atom stereocenters. The Morgan fingerprint density at radius 1 is 1.29 bits per heavy atom. The number of nitrogens with two attached hydrogens (primary N) is 1. The van der Waals surface area contributed by atoms with Crippen LogP contribution in [-0.4, -0.2) is 27.3 Å². The predicted molar refractivity (Wildman–Crippen MR) is 70.9 cm³/mol. The highest BCUT2D eigenvalue weighted by Crippen LogP contribution is 2.13. The molecule has 0 aromatic heterocycles. The smallest absolute Gasteiger partial charge is 0.175 e.